The van der Waals surface area contributed by atoms with Gasteiger partial charge < -0.3 is 19.5 Å². The third-order valence-corrected chi connectivity index (χ3v) is 5.22. The molecule has 3 aromatic carbocycles. The van der Waals surface area contributed by atoms with E-state index in [1.165, 1.54) is 44.6 Å². The Morgan fingerprint density at radius 1 is 0.971 bits per heavy atom. The second kappa shape index (κ2) is 9.57. The summed E-state index contributed by atoms with van der Waals surface area (Å²) < 4.78 is 16.2. The van der Waals surface area contributed by atoms with Crippen LogP contribution in [-0.4, -0.2) is 36.8 Å². The van der Waals surface area contributed by atoms with Gasteiger partial charge in [0, 0.05) is 13.0 Å². The fourth-order valence-corrected chi connectivity index (χ4v) is 3.72. The number of esters is 1. The van der Waals surface area contributed by atoms with Crippen LogP contribution >= 0.6 is 0 Å². The number of rotatable bonds is 8. The summed E-state index contributed by atoms with van der Waals surface area (Å²) in [6, 6.07) is 13.6. The van der Waals surface area contributed by atoms with E-state index < -0.39 is 33.9 Å². The molecule has 0 saturated heterocycles. The minimum absolute atomic E-state index is 0.0369. The van der Waals surface area contributed by atoms with Crippen molar-refractivity contribution >= 4 is 39.8 Å². The van der Waals surface area contributed by atoms with Gasteiger partial charge in [0.05, 0.1) is 24.7 Å². The van der Waals surface area contributed by atoms with E-state index >= 15 is 0 Å². The van der Waals surface area contributed by atoms with Crippen molar-refractivity contribution in [3.63, 3.8) is 0 Å². The zero-order valence-electron chi connectivity index (χ0n) is 18.9. The Kier molecular flexibility index (Phi) is 6.81. The molecule has 0 saturated carbocycles. The summed E-state index contributed by atoms with van der Waals surface area (Å²) in [6.45, 7) is 2.13. The number of nitro benzene ring substituents is 1. The molecule has 176 valence electrons. The fourth-order valence-electron chi connectivity index (χ4n) is 3.72. The SMILES string of the molecule is COc1ccc2ccc(OC)c([C@@](OC(C)=O)(C(C)=O)C(=O)Nc3ccccc3[N+](=O)[O-])c2c1. The van der Waals surface area contributed by atoms with Gasteiger partial charge in [-0.1, -0.05) is 24.3 Å². The van der Waals surface area contributed by atoms with Gasteiger partial charge in [-0.2, -0.15) is 0 Å². The molecule has 1 atom stereocenters. The van der Waals surface area contributed by atoms with E-state index in [-0.39, 0.29) is 17.0 Å². The number of hydrogen-bond donors (Lipinski definition) is 1. The predicted molar refractivity (Wildman–Crippen MR) is 123 cm³/mol. The van der Waals surface area contributed by atoms with E-state index in [9.17, 15) is 24.5 Å². The van der Waals surface area contributed by atoms with Crippen LogP contribution in [0.15, 0.2) is 54.6 Å². The number of anilines is 1. The molecule has 0 bridgehead atoms. The zero-order valence-corrected chi connectivity index (χ0v) is 18.9. The highest BCUT2D eigenvalue weighted by Crippen LogP contribution is 2.42. The molecule has 3 aromatic rings. The number of carbonyl (C=O) groups is 3. The molecular weight excluding hydrogens is 444 g/mol. The molecule has 34 heavy (non-hydrogen) atoms. The zero-order chi connectivity index (χ0) is 25.0. The van der Waals surface area contributed by atoms with E-state index in [2.05, 4.69) is 5.32 Å². The fraction of sp³-hybridized carbons (Fsp3) is 0.208. The van der Waals surface area contributed by atoms with Crippen LogP contribution in [0.25, 0.3) is 10.8 Å². The number of methoxy groups -OCH3 is 2. The molecule has 0 aliphatic carbocycles. The number of nitrogens with one attached hydrogen (secondary N) is 1. The van der Waals surface area contributed by atoms with Gasteiger partial charge in [0.15, 0.2) is 5.78 Å². The standard InChI is InChI=1S/C24H22N2O8/c1-14(27)24(34-15(2)28,23(29)25-19-7-5-6-8-20(19)26(30)31)22-18-13-17(32-3)11-9-16(18)10-12-21(22)33-4/h5-13H,1-4H3,(H,25,29)/t24-/m0/s1. The van der Waals surface area contributed by atoms with E-state index in [1.54, 1.807) is 24.3 Å². The first kappa shape index (κ1) is 24.2. The van der Waals surface area contributed by atoms with Crippen molar-refractivity contribution in [3.05, 3.63) is 70.3 Å². The molecule has 10 nitrogen and oxygen atoms in total. The van der Waals surface area contributed by atoms with Crippen LogP contribution in [0.2, 0.25) is 0 Å². The number of carbonyl (C=O) groups excluding carboxylic acids is 3. The highest BCUT2D eigenvalue weighted by Gasteiger charge is 2.52. The lowest BCUT2D eigenvalue weighted by Gasteiger charge is -2.32. The lowest BCUT2D eigenvalue weighted by Crippen LogP contribution is -2.49. The maximum atomic E-state index is 13.7. The number of amides is 1. The summed E-state index contributed by atoms with van der Waals surface area (Å²) in [6.07, 6.45) is 0. The Morgan fingerprint density at radius 2 is 1.65 bits per heavy atom. The summed E-state index contributed by atoms with van der Waals surface area (Å²) in [4.78, 5) is 49.9. The Hall–Kier alpha value is -4.47. The number of ketones is 1. The Bertz CT molecular complexity index is 1300. The smallest absolute Gasteiger partial charge is 0.304 e. The van der Waals surface area contributed by atoms with Crippen molar-refractivity contribution in [1.82, 2.24) is 0 Å². The number of nitrogens with zero attached hydrogens (tertiary/aromatic N) is 1. The number of fused-ring (bicyclic) bond motifs is 1. The largest absolute Gasteiger partial charge is 0.497 e. The summed E-state index contributed by atoms with van der Waals surface area (Å²) in [5.41, 5.74) is -3.13. The third kappa shape index (κ3) is 4.25. The second-order valence-corrected chi connectivity index (χ2v) is 7.29. The molecular formula is C24H22N2O8. The first-order valence-electron chi connectivity index (χ1n) is 10.1. The monoisotopic (exact) mass is 466 g/mol. The number of benzene rings is 3. The topological polar surface area (TPSA) is 134 Å². The number of para-hydroxylation sites is 2. The molecule has 0 aliphatic rings. The Morgan fingerprint density at radius 3 is 2.24 bits per heavy atom. The van der Waals surface area contributed by atoms with E-state index in [4.69, 9.17) is 14.2 Å². The maximum Gasteiger partial charge on any atom is 0.304 e. The van der Waals surface area contributed by atoms with Gasteiger partial charge in [0.25, 0.3) is 17.2 Å². The summed E-state index contributed by atoms with van der Waals surface area (Å²) in [7, 11) is 2.79. The predicted octanol–water partition coefficient (Wildman–Crippen LogP) is 3.75. The molecule has 10 heteroatoms. The number of ether oxygens (including phenoxy) is 3. The van der Waals surface area contributed by atoms with Crippen LogP contribution in [0.3, 0.4) is 0 Å². The molecule has 0 unspecified atom stereocenters. The van der Waals surface area contributed by atoms with Crippen molar-refractivity contribution < 1.29 is 33.5 Å². The van der Waals surface area contributed by atoms with Crippen LogP contribution in [0.5, 0.6) is 11.5 Å². The summed E-state index contributed by atoms with van der Waals surface area (Å²) in [5, 5.41) is 14.8. The molecule has 0 heterocycles. The van der Waals surface area contributed by atoms with Crippen LogP contribution in [0.1, 0.15) is 19.4 Å². The third-order valence-electron chi connectivity index (χ3n) is 5.22. The van der Waals surface area contributed by atoms with Gasteiger partial charge in [-0.05, 0) is 42.0 Å². The van der Waals surface area contributed by atoms with Crippen LogP contribution in [-0.2, 0) is 24.7 Å². The minimum atomic E-state index is -2.52. The number of Topliss-reactive ketones (excluding diaryl/α,β-unsaturated/α-hetero) is 1. The summed E-state index contributed by atoms with van der Waals surface area (Å²) >= 11 is 0. The van der Waals surface area contributed by atoms with Crippen molar-refractivity contribution in [2.45, 2.75) is 19.4 Å². The highest BCUT2D eigenvalue weighted by atomic mass is 16.6. The molecule has 0 spiro atoms. The molecule has 0 aromatic heterocycles. The minimum Gasteiger partial charge on any atom is -0.497 e. The molecule has 0 fully saturated rings. The van der Waals surface area contributed by atoms with E-state index in [0.717, 1.165) is 13.8 Å². The quantitative estimate of drug-likeness (QED) is 0.230. The van der Waals surface area contributed by atoms with Crippen molar-refractivity contribution in [2.24, 2.45) is 0 Å². The van der Waals surface area contributed by atoms with E-state index in [1.807, 2.05) is 0 Å². The van der Waals surface area contributed by atoms with Gasteiger partial charge in [-0.25, -0.2) is 0 Å². The number of nitro groups is 1. The van der Waals surface area contributed by atoms with Crippen molar-refractivity contribution in [2.75, 3.05) is 19.5 Å². The number of hydrogen-bond acceptors (Lipinski definition) is 8. The second-order valence-electron chi connectivity index (χ2n) is 7.29. The Labute approximate surface area is 194 Å². The van der Waals surface area contributed by atoms with Crippen LogP contribution < -0.4 is 14.8 Å². The van der Waals surface area contributed by atoms with Crippen molar-refractivity contribution in [3.8, 4) is 11.5 Å². The van der Waals surface area contributed by atoms with Gasteiger partial charge in [-0.15, -0.1) is 0 Å². The maximum absolute atomic E-state index is 13.7. The van der Waals surface area contributed by atoms with Gasteiger partial charge >= 0.3 is 5.97 Å². The van der Waals surface area contributed by atoms with Gasteiger partial charge in [0.2, 0.25) is 0 Å². The summed E-state index contributed by atoms with van der Waals surface area (Å²) in [5.74, 6) is -2.35. The molecule has 0 aliphatic heterocycles. The average Bonchev–Trinajstić information content (AvgIpc) is 2.81. The first-order chi connectivity index (χ1) is 16.1. The molecule has 0 radical (unpaired) electrons. The normalized spacial score (nSPS) is 12.4. The Balaban J connectivity index is 2.36. The lowest BCUT2D eigenvalue weighted by atomic mass is 9.84. The first-order valence-corrected chi connectivity index (χ1v) is 10.1. The highest BCUT2D eigenvalue weighted by molar-refractivity contribution is 6.18. The lowest BCUT2D eigenvalue weighted by molar-refractivity contribution is -0.383. The molecule has 1 amide bonds. The van der Waals surface area contributed by atoms with Gasteiger partial charge in [0.1, 0.15) is 17.2 Å². The van der Waals surface area contributed by atoms with Crippen LogP contribution in [0.4, 0.5) is 11.4 Å². The molecule has 1 N–H and O–H groups in total. The average molecular weight is 466 g/mol. The molecule has 3 rings (SSSR count). The van der Waals surface area contributed by atoms with Gasteiger partial charge in [-0.3, -0.25) is 24.5 Å². The van der Waals surface area contributed by atoms with Crippen LogP contribution in [0, 0.1) is 10.1 Å². The van der Waals surface area contributed by atoms with Crippen molar-refractivity contribution in [1.29, 1.82) is 0 Å². The van der Waals surface area contributed by atoms with E-state index in [0.29, 0.717) is 16.5 Å².